The van der Waals surface area contributed by atoms with Gasteiger partial charge in [0.2, 0.25) is 11.8 Å². The molecule has 1 saturated heterocycles. The summed E-state index contributed by atoms with van der Waals surface area (Å²) >= 11 is 1.71. The number of carbonyl (C=O) groups is 2. The first-order valence-corrected chi connectivity index (χ1v) is 7.57. The normalized spacial score (nSPS) is 29.4. The second-order valence-electron chi connectivity index (χ2n) is 5.75. The molecule has 104 valence electrons. The largest absolute Gasteiger partial charge is 0.340 e. The van der Waals surface area contributed by atoms with Gasteiger partial charge < -0.3 is 10.2 Å². The van der Waals surface area contributed by atoms with Crippen molar-refractivity contribution in [2.24, 2.45) is 0 Å². The van der Waals surface area contributed by atoms with Crippen molar-refractivity contribution < 1.29 is 9.59 Å². The molecule has 1 aliphatic rings. The Hall–Kier alpha value is -0.710. The van der Waals surface area contributed by atoms with Crippen molar-refractivity contribution in [3.05, 3.63) is 0 Å². The summed E-state index contributed by atoms with van der Waals surface area (Å²) < 4.78 is -0.0454. The summed E-state index contributed by atoms with van der Waals surface area (Å²) in [7, 11) is 0. The van der Waals surface area contributed by atoms with Gasteiger partial charge in [-0.3, -0.25) is 9.59 Å². The maximum absolute atomic E-state index is 12.5. The van der Waals surface area contributed by atoms with Gasteiger partial charge in [-0.15, -0.1) is 0 Å². The lowest BCUT2D eigenvalue weighted by Crippen LogP contribution is -2.69. The Morgan fingerprint density at radius 1 is 1.44 bits per heavy atom. The molecule has 0 aromatic heterocycles. The smallest absolute Gasteiger partial charge is 0.248 e. The first-order chi connectivity index (χ1) is 8.17. The quantitative estimate of drug-likeness (QED) is 0.846. The summed E-state index contributed by atoms with van der Waals surface area (Å²) in [6.07, 6.45) is 2.64. The average molecular weight is 272 g/mol. The summed E-state index contributed by atoms with van der Waals surface area (Å²) in [6, 6.07) is -0.386. The van der Waals surface area contributed by atoms with Crippen LogP contribution in [0.25, 0.3) is 0 Å². The number of piperazine rings is 1. The van der Waals surface area contributed by atoms with Gasteiger partial charge in [0.25, 0.3) is 0 Å². The van der Waals surface area contributed by atoms with E-state index >= 15 is 0 Å². The molecule has 18 heavy (non-hydrogen) atoms. The molecule has 0 spiro atoms. The summed E-state index contributed by atoms with van der Waals surface area (Å²) in [5, 5.41) is 2.84. The molecule has 2 unspecified atom stereocenters. The lowest BCUT2D eigenvalue weighted by atomic mass is 9.91. The highest BCUT2D eigenvalue weighted by Gasteiger charge is 2.46. The maximum atomic E-state index is 12.5. The van der Waals surface area contributed by atoms with E-state index in [0.29, 0.717) is 13.0 Å². The zero-order chi connectivity index (χ0) is 14.1. The minimum Gasteiger partial charge on any atom is -0.340 e. The molecular weight excluding hydrogens is 248 g/mol. The molecule has 0 aliphatic carbocycles. The number of nitrogens with zero attached hydrogens (tertiary/aromatic N) is 1. The van der Waals surface area contributed by atoms with Crippen molar-refractivity contribution in [2.75, 3.05) is 12.8 Å². The molecule has 1 fully saturated rings. The summed E-state index contributed by atoms with van der Waals surface area (Å²) in [4.78, 5) is 26.2. The van der Waals surface area contributed by atoms with Crippen LogP contribution in [0.3, 0.4) is 0 Å². The van der Waals surface area contributed by atoms with Gasteiger partial charge in [0.1, 0.15) is 11.6 Å². The van der Waals surface area contributed by atoms with E-state index in [1.807, 2.05) is 13.2 Å². The number of hydrogen-bond donors (Lipinski definition) is 1. The Morgan fingerprint density at radius 2 is 2.00 bits per heavy atom. The topological polar surface area (TPSA) is 49.4 Å². The molecule has 2 atom stereocenters. The summed E-state index contributed by atoms with van der Waals surface area (Å²) in [6.45, 7) is 10.3. The third-order valence-corrected chi connectivity index (χ3v) is 5.02. The molecule has 0 saturated carbocycles. The van der Waals surface area contributed by atoms with Crippen LogP contribution < -0.4 is 5.32 Å². The maximum Gasteiger partial charge on any atom is 0.248 e. The Bertz CT molecular complexity index is 357. The highest BCUT2D eigenvalue weighted by molar-refractivity contribution is 7.99. The monoisotopic (exact) mass is 272 g/mol. The predicted octanol–water partition coefficient (Wildman–Crippen LogP) is 1.64. The number of nitrogens with one attached hydrogen (secondary N) is 1. The molecule has 0 radical (unpaired) electrons. The zero-order valence-corrected chi connectivity index (χ0v) is 13.0. The number of amides is 2. The first-order valence-electron chi connectivity index (χ1n) is 6.35. The van der Waals surface area contributed by atoms with Gasteiger partial charge in [-0.05, 0) is 40.4 Å². The van der Waals surface area contributed by atoms with Gasteiger partial charge >= 0.3 is 0 Å². The van der Waals surface area contributed by atoms with Gasteiger partial charge in [-0.25, -0.2) is 0 Å². The molecule has 1 N–H and O–H groups in total. The van der Waals surface area contributed by atoms with Crippen LogP contribution in [-0.2, 0) is 9.59 Å². The Labute approximate surface area is 114 Å². The highest BCUT2D eigenvalue weighted by atomic mass is 32.2. The van der Waals surface area contributed by atoms with Crippen LogP contribution in [0, 0.1) is 0 Å². The Balaban J connectivity index is 3.00. The lowest BCUT2D eigenvalue weighted by molar-refractivity contribution is -0.154. The fraction of sp³-hybridized carbons (Fsp3) is 0.846. The van der Waals surface area contributed by atoms with Crippen LogP contribution >= 0.6 is 11.8 Å². The fourth-order valence-electron chi connectivity index (χ4n) is 1.99. The van der Waals surface area contributed by atoms with Gasteiger partial charge in [-0.2, -0.15) is 11.8 Å². The number of rotatable bonds is 4. The third kappa shape index (κ3) is 2.82. The van der Waals surface area contributed by atoms with E-state index in [0.717, 1.165) is 0 Å². The van der Waals surface area contributed by atoms with Crippen LogP contribution in [0.15, 0.2) is 0 Å². The number of thioether (sulfide) groups is 1. The Morgan fingerprint density at radius 3 is 2.44 bits per heavy atom. The molecule has 2 amide bonds. The minimum atomic E-state index is -0.752. The fourth-order valence-corrected chi connectivity index (χ4v) is 2.26. The lowest BCUT2D eigenvalue weighted by Gasteiger charge is -2.45. The summed E-state index contributed by atoms with van der Waals surface area (Å²) in [5.41, 5.74) is -0.752. The van der Waals surface area contributed by atoms with Crippen LogP contribution in [-0.4, -0.2) is 45.8 Å². The standard InChI is InChI=1S/C13H24N2O2S/c1-7-13(5)11(17)15(8-12(3,4)18-6)9(2)10(16)14-13/h9H,7-8H2,1-6H3,(H,14,16). The van der Waals surface area contributed by atoms with Crippen molar-refractivity contribution in [3.8, 4) is 0 Å². The SMILES string of the molecule is CCC1(C)NC(=O)C(C)N(CC(C)(C)SC)C1=O. The van der Waals surface area contributed by atoms with Gasteiger partial charge in [0, 0.05) is 11.3 Å². The third-order valence-electron chi connectivity index (χ3n) is 3.79. The highest BCUT2D eigenvalue weighted by Crippen LogP contribution is 2.28. The molecular formula is C13H24N2O2S. The molecule has 0 bridgehead atoms. The molecule has 4 nitrogen and oxygen atoms in total. The van der Waals surface area contributed by atoms with E-state index in [9.17, 15) is 9.59 Å². The van der Waals surface area contributed by atoms with Crippen LogP contribution in [0.1, 0.15) is 41.0 Å². The van der Waals surface area contributed by atoms with Crippen molar-refractivity contribution in [1.29, 1.82) is 0 Å². The minimum absolute atomic E-state index is 0.0271. The molecule has 1 rings (SSSR count). The van der Waals surface area contributed by atoms with Crippen molar-refractivity contribution in [3.63, 3.8) is 0 Å². The average Bonchev–Trinajstić information content (AvgIpc) is 2.32. The van der Waals surface area contributed by atoms with E-state index < -0.39 is 5.54 Å². The Kier molecular flexibility index (Phi) is 4.36. The molecule has 1 aliphatic heterocycles. The number of carbonyl (C=O) groups excluding carboxylic acids is 2. The zero-order valence-electron chi connectivity index (χ0n) is 12.2. The van der Waals surface area contributed by atoms with Gasteiger partial charge in [0.15, 0.2) is 0 Å². The molecule has 0 aromatic carbocycles. The van der Waals surface area contributed by atoms with Gasteiger partial charge in [-0.1, -0.05) is 6.92 Å². The van der Waals surface area contributed by atoms with E-state index in [2.05, 4.69) is 19.2 Å². The predicted molar refractivity (Wildman–Crippen MR) is 75.6 cm³/mol. The van der Waals surface area contributed by atoms with E-state index in [1.165, 1.54) is 0 Å². The van der Waals surface area contributed by atoms with Crippen molar-refractivity contribution in [2.45, 2.75) is 57.4 Å². The van der Waals surface area contributed by atoms with Crippen LogP contribution in [0.2, 0.25) is 0 Å². The second kappa shape index (κ2) is 5.11. The van der Waals surface area contributed by atoms with Crippen molar-refractivity contribution >= 4 is 23.6 Å². The van der Waals surface area contributed by atoms with E-state index in [4.69, 9.17) is 0 Å². The second-order valence-corrected chi connectivity index (χ2v) is 7.26. The van der Waals surface area contributed by atoms with Crippen LogP contribution in [0.5, 0.6) is 0 Å². The van der Waals surface area contributed by atoms with E-state index in [1.54, 1.807) is 30.5 Å². The molecule has 1 heterocycles. The number of hydrogen-bond acceptors (Lipinski definition) is 3. The van der Waals surface area contributed by atoms with Gasteiger partial charge in [0.05, 0.1) is 0 Å². The van der Waals surface area contributed by atoms with E-state index in [-0.39, 0.29) is 22.6 Å². The first kappa shape index (κ1) is 15.3. The molecule has 5 heteroatoms. The summed E-state index contributed by atoms with van der Waals surface area (Å²) in [5.74, 6) is -0.0323. The van der Waals surface area contributed by atoms with Crippen molar-refractivity contribution in [1.82, 2.24) is 10.2 Å². The molecule has 0 aromatic rings. The van der Waals surface area contributed by atoms with Crippen LogP contribution in [0.4, 0.5) is 0 Å².